The molecule has 0 spiro atoms. The summed E-state index contributed by atoms with van der Waals surface area (Å²) >= 11 is 3.69. The molecule has 0 aliphatic carbocycles. The van der Waals surface area contributed by atoms with Crippen molar-refractivity contribution in [3.63, 3.8) is 0 Å². The Hall–Kier alpha value is -1.42. The average molecular weight is 451 g/mol. The van der Waals surface area contributed by atoms with Gasteiger partial charge in [0.25, 0.3) is 0 Å². The van der Waals surface area contributed by atoms with Crippen LogP contribution in [0.3, 0.4) is 0 Å². The van der Waals surface area contributed by atoms with Crippen LogP contribution in [0.1, 0.15) is 65.2 Å². The molecule has 3 nitrogen and oxygen atoms in total. The lowest BCUT2D eigenvalue weighted by atomic mass is 10.1. The molecule has 156 valence electrons. The Bertz CT molecular complexity index is 702. The third-order valence-electron chi connectivity index (χ3n) is 4.99. The van der Waals surface area contributed by atoms with E-state index in [9.17, 15) is 0 Å². The Morgan fingerprint density at radius 1 is 0.893 bits per heavy atom. The van der Waals surface area contributed by atoms with E-state index >= 15 is 0 Å². The van der Waals surface area contributed by atoms with Crippen molar-refractivity contribution in [2.75, 3.05) is 20.3 Å². The first-order valence-corrected chi connectivity index (χ1v) is 11.6. The second-order valence-electron chi connectivity index (χ2n) is 7.24. The van der Waals surface area contributed by atoms with E-state index in [1.165, 1.54) is 38.5 Å². The minimum atomic E-state index is 0.616. The third kappa shape index (κ3) is 7.20. The molecule has 28 heavy (non-hydrogen) atoms. The van der Waals surface area contributed by atoms with Gasteiger partial charge in [-0.15, -0.1) is 0 Å². The molecular formula is C24H35BrO3. The fraction of sp³-hybridized carbons (Fsp3) is 0.583. The average Bonchev–Trinajstić information content (AvgIpc) is 2.72. The molecule has 0 fully saturated rings. The lowest BCUT2D eigenvalue weighted by Gasteiger charge is -2.14. The molecule has 0 radical (unpaired) electrons. The van der Waals surface area contributed by atoms with Crippen LogP contribution in [-0.4, -0.2) is 25.2 Å². The summed E-state index contributed by atoms with van der Waals surface area (Å²) < 4.78 is 17.6. The van der Waals surface area contributed by atoms with Crippen molar-refractivity contribution in [2.45, 2.75) is 70.0 Å². The molecular weight excluding hydrogens is 416 g/mol. The monoisotopic (exact) mass is 450 g/mol. The van der Waals surface area contributed by atoms with E-state index in [2.05, 4.69) is 48.0 Å². The van der Waals surface area contributed by atoms with Crippen molar-refractivity contribution in [3.05, 3.63) is 30.3 Å². The zero-order chi connectivity index (χ0) is 20.2. The highest BCUT2D eigenvalue weighted by molar-refractivity contribution is 9.09. The van der Waals surface area contributed by atoms with E-state index in [1.54, 1.807) is 7.11 Å². The lowest BCUT2D eigenvalue weighted by molar-refractivity contribution is 0.286. The van der Waals surface area contributed by atoms with Crippen LogP contribution in [0.25, 0.3) is 10.8 Å². The molecule has 2 aromatic carbocycles. The Balaban J connectivity index is 1.94. The summed E-state index contributed by atoms with van der Waals surface area (Å²) in [6.45, 7) is 5.92. The number of halogens is 1. The van der Waals surface area contributed by atoms with E-state index in [0.29, 0.717) is 11.4 Å². The zero-order valence-electron chi connectivity index (χ0n) is 17.6. The molecule has 0 saturated carbocycles. The zero-order valence-corrected chi connectivity index (χ0v) is 19.2. The highest BCUT2D eigenvalue weighted by atomic mass is 79.9. The summed E-state index contributed by atoms with van der Waals surface area (Å²) in [6.07, 6.45) is 9.43. The van der Waals surface area contributed by atoms with Gasteiger partial charge in [0.15, 0.2) is 11.5 Å². The van der Waals surface area contributed by atoms with Crippen LogP contribution in [0.15, 0.2) is 30.3 Å². The van der Waals surface area contributed by atoms with Crippen LogP contribution >= 0.6 is 15.9 Å². The van der Waals surface area contributed by atoms with Crippen molar-refractivity contribution in [3.8, 4) is 17.2 Å². The standard InChI is InChI=1S/C24H35BrO3/c1-4-6-7-9-16-27-21-13-14-22-19(18-21)12-15-23(24(22)26-3)28-17-10-8-11-20(25)5-2/h12-15,18,20H,4-11,16-17H2,1-3H3. The molecule has 0 N–H and O–H groups in total. The molecule has 2 rings (SSSR count). The van der Waals surface area contributed by atoms with Crippen LogP contribution in [0.2, 0.25) is 0 Å². The molecule has 4 heteroatoms. The Morgan fingerprint density at radius 2 is 1.68 bits per heavy atom. The number of benzene rings is 2. The number of unbranched alkanes of at least 4 members (excludes halogenated alkanes) is 4. The molecule has 0 aliphatic rings. The maximum absolute atomic E-state index is 6.01. The largest absolute Gasteiger partial charge is 0.494 e. The van der Waals surface area contributed by atoms with Crippen molar-refractivity contribution in [1.82, 2.24) is 0 Å². The van der Waals surface area contributed by atoms with E-state index in [1.807, 2.05) is 12.1 Å². The Kier molecular flexibility index (Phi) is 10.6. The van der Waals surface area contributed by atoms with Gasteiger partial charge in [0.05, 0.1) is 20.3 Å². The lowest BCUT2D eigenvalue weighted by Crippen LogP contribution is -2.02. The van der Waals surface area contributed by atoms with Crippen molar-refractivity contribution >= 4 is 26.7 Å². The van der Waals surface area contributed by atoms with Crippen LogP contribution in [0.5, 0.6) is 17.2 Å². The second-order valence-corrected chi connectivity index (χ2v) is 8.53. The van der Waals surface area contributed by atoms with Crippen molar-refractivity contribution < 1.29 is 14.2 Å². The molecule has 0 saturated heterocycles. The number of rotatable bonds is 14. The topological polar surface area (TPSA) is 27.7 Å². The molecule has 2 aromatic rings. The minimum Gasteiger partial charge on any atom is -0.494 e. The van der Waals surface area contributed by atoms with Crippen LogP contribution < -0.4 is 14.2 Å². The molecule has 0 amide bonds. The normalized spacial score (nSPS) is 12.1. The highest BCUT2D eigenvalue weighted by Gasteiger charge is 2.11. The third-order valence-corrected chi connectivity index (χ3v) is 6.09. The maximum atomic E-state index is 6.01. The summed E-state index contributed by atoms with van der Waals surface area (Å²) in [5.74, 6) is 2.54. The van der Waals surface area contributed by atoms with Gasteiger partial charge in [-0.1, -0.05) is 55.1 Å². The number of methoxy groups -OCH3 is 1. The quantitative estimate of drug-likeness (QED) is 0.219. The van der Waals surface area contributed by atoms with Gasteiger partial charge in [-0.3, -0.25) is 0 Å². The Morgan fingerprint density at radius 3 is 2.43 bits per heavy atom. The van der Waals surface area contributed by atoms with Gasteiger partial charge in [-0.25, -0.2) is 0 Å². The minimum absolute atomic E-state index is 0.616. The van der Waals surface area contributed by atoms with Gasteiger partial charge in [-0.05, 0) is 61.8 Å². The number of hydrogen-bond acceptors (Lipinski definition) is 3. The van der Waals surface area contributed by atoms with Crippen molar-refractivity contribution in [1.29, 1.82) is 0 Å². The van der Waals surface area contributed by atoms with Crippen LogP contribution in [0.4, 0.5) is 0 Å². The molecule has 0 aromatic heterocycles. The Labute approximate surface area is 178 Å². The summed E-state index contributed by atoms with van der Waals surface area (Å²) in [5, 5.41) is 2.17. The second kappa shape index (κ2) is 12.9. The number of hydrogen-bond donors (Lipinski definition) is 0. The molecule has 0 bridgehead atoms. The van der Waals surface area contributed by atoms with Gasteiger partial charge < -0.3 is 14.2 Å². The predicted molar refractivity (Wildman–Crippen MR) is 122 cm³/mol. The highest BCUT2D eigenvalue weighted by Crippen LogP contribution is 2.37. The summed E-state index contributed by atoms with van der Waals surface area (Å²) in [4.78, 5) is 0.616. The molecule has 1 atom stereocenters. The van der Waals surface area contributed by atoms with Crippen LogP contribution in [0, 0.1) is 0 Å². The van der Waals surface area contributed by atoms with Gasteiger partial charge in [0.1, 0.15) is 5.75 Å². The van der Waals surface area contributed by atoms with E-state index < -0.39 is 0 Å². The summed E-state index contributed by atoms with van der Waals surface area (Å²) in [6, 6.07) is 10.3. The summed E-state index contributed by atoms with van der Waals surface area (Å²) in [7, 11) is 1.70. The van der Waals surface area contributed by atoms with E-state index in [0.717, 1.165) is 47.5 Å². The number of fused-ring (bicyclic) bond motifs is 1. The fourth-order valence-corrected chi connectivity index (χ4v) is 3.57. The van der Waals surface area contributed by atoms with E-state index in [-0.39, 0.29) is 0 Å². The van der Waals surface area contributed by atoms with Crippen molar-refractivity contribution in [2.24, 2.45) is 0 Å². The smallest absolute Gasteiger partial charge is 0.168 e. The maximum Gasteiger partial charge on any atom is 0.168 e. The van der Waals surface area contributed by atoms with Gasteiger partial charge in [-0.2, -0.15) is 0 Å². The van der Waals surface area contributed by atoms with Gasteiger partial charge in [0.2, 0.25) is 0 Å². The molecule has 0 heterocycles. The number of alkyl halides is 1. The van der Waals surface area contributed by atoms with Gasteiger partial charge >= 0.3 is 0 Å². The van der Waals surface area contributed by atoms with E-state index in [4.69, 9.17) is 14.2 Å². The first kappa shape index (κ1) is 22.9. The van der Waals surface area contributed by atoms with Gasteiger partial charge in [0, 0.05) is 10.2 Å². The SMILES string of the molecule is CCCCCCOc1ccc2c(OC)c(OCCCCC(Br)CC)ccc2c1. The fourth-order valence-electron chi connectivity index (χ4n) is 3.25. The first-order valence-electron chi connectivity index (χ1n) is 10.7. The first-order chi connectivity index (χ1) is 13.7. The molecule has 0 aliphatic heterocycles. The number of ether oxygens (including phenoxy) is 3. The molecule has 1 unspecified atom stereocenters. The summed E-state index contributed by atoms with van der Waals surface area (Å²) in [5.41, 5.74) is 0. The van der Waals surface area contributed by atoms with Crippen LogP contribution in [-0.2, 0) is 0 Å². The predicted octanol–water partition coefficient (Wildman–Crippen LogP) is 7.53.